The van der Waals surface area contributed by atoms with Crippen molar-refractivity contribution in [3.8, 4) is 0 Å². The molecule has 3 aromatic rings. The lowest BCUT2D eigenvalue weighted by molar-refractivity contribution is 0.191. The summed E-state index contributed by atoms with van der Waals surface area (Å²) in [6.07, 6.45) is 2.06. The van der Waals surface area contributed by atoms with Gasteiger partial charge in [0.1, 0.15) is 17.2 Å². The van der Waals surface area contributed by atoms with E-state index in [1.165, 1.54) is 17.5 Å². The summed E-state index contributed by atoms with van der Waals surface area (Å²) in [4.78, 5) is 23.9. The number of nitrogens with zero attached hydrogens (tertiary/aromatic N) is 3. The fourth-order valence-electron chi connectivity index (χ4n) is 2.49. The van der Waals surface area contributed by atoms with E-state index in [0.717, 1.165) is 20.2 Å². The molecule has 11 heteroatoms. The number of fused-ring (bicyclic) bond motifs is 1. The zero-order valence-corrected chi connectivity index (χ0v) is 17.1. The second-order valence-corrected chi connectivity index (χ2v) is 7.97. The lowest BCUT2D eigenvalue weighted by atomic mass is 10.2. The van der Waals surface area contributed by atoms with E-state index < -0.39 is 11.9 Å². The van der Waals surface area contributed by atoms with Gasteiger partial charge >= 0.3 is 6.09 Å². The van der Waals surface area contributed by atoms with Gasteiger partial charge in [0.25, 0.3) is 0 Å². The lowest BCUT2D eigenvalue weighted by Crippen LogP contribution is -2.32. The van der Waals surface area contributed by atoms with E-state index in [-0.39, 0.29) is 17.9 Å². The van der Waals surface area contributed by atoms with Crippen LogP contribution in [0, 0.1) is 5.82 Å². The Morgan fingerprint density at radius 1 is 1.48 bits per heavy atom. The van der Waals surface area contributed by atoms with Gasteiger partial charge in [0.2, 0.25) is 5.28 Å². The SMILES string of the molecule is C[C@@H](Cc1sc2c(NCc3ccncc3F)nc(Cl)nc2c1Br)NC(=O)O. The third kappa shape index (κ3) is 4.63. The molecule has 0 unspecified atom stereocenters. The minimum atomic E-state index is -1.08. The number of pyridine rings is 1. The summed E-state index contributed by atoms with van der Waals surface area (Å²) in [6.45, 7) is 1.98. The summed E-state index contributed by atoms with van der Waals surface area (Å²) >= 11 is 11.0. The Kier molecular flexibility index (Phi) is 6.08. The molecule has 0 radical (unpaired) electrons. The van der Waals surface area contributed by atoms with Crippen LogP contribution in [0.5, 0.6) is 0 Å². The first kappa shape index (κ1) is 19.7. The Morgan fingerprint density at radius 2 is 2.26 bits per heavy atom. The molecule has 0 spiro atoms. The predicted octanol–water partition coefficient (Wildman–Crippen LogP) is 4.45. The Hall–Kier alpha value is -2.04. The molecule has 0 aromatic carbocycles. The third-order valence-corrected chi connectivity index (χ3v) is 6.17. The van der Waals surface area contributed by atoms with Crippen molar-refractivity contribution in [1.82, 2.24) is 20.3 Å². The molecule has 0 bridgehead atoms. The third-order valence-electron chi connectivity index (χ3n) is 3.68. The van der Waals surface area contributed by atoms with Crippen molar-refractivity contribution in [2.24, 2.45) is 0 Å². The van der Waals surface area contributed by atoms with Crippen LogP contribution in [0.15, 0.2) is 22.9 Å². The van der Waals surface area contributed by atoms with Gasteiger partial charge in [0.15, 0.2) is 0 Å². The first-order valence-corrected chi connectivity index (χ1v) is 9.80. The van der Waals surface area contributed by atoms with Crippen molar-refractivity contribution in [2.75, 3.05) is 5.32 Å². The topological polar surface area (TPSA) is 100 Å². The molecule has 142 valence electrons. The fourth-order valence-corrected chi connectivity index (χ4v) is 4.70. The van der Waals surface area contributed by atoms with Crippen molar-refractivity contribution < 1.29 is 14.3 Å². The summed E-state index contributed by atoms with van der Waals surface area (Å²) in [6, 6.07) is 1.30. The summed E-state index contributed by atoms with van der Waals surface area (Å²) in [5.41, 5.74) is 1.07. The largest absolute Gasteiger partial charge is 0.465 e. The Morgan fingerprint density at radius 3 is 2.96 bits per heavy atom. The smallest absolute Gasteiger partial charge is 0.404 e. The number of hydrogen-bond acceptors (Lipinski definition) is 6. The van der Waals surface area contributed by atoms with E-state index in [1.807, 2.05) is 0 Å². The van der Waals surface area contributed by atoms with Gasteiger partial charge in [0.05, 0.1) is 15.4 Å². The molecule has 1 atom stereocenters. The lowest BCUT2D eigenvalue weighted by Gasteiger charge is -2.09. The molecule has 0 saturated heterocycles. The van der Waals surface area contributed by atoms with Crippen LogP contribution >= 0.6 is 38.9 Å². The van der Waals surface area contributed by atoms with Gasteiger partial charge < -0.3 is 15.7 Å². The van der Waals surface area contributed by atoms with Crippen molar-refractivity contribution in [3.05, 3.63) is 44.5 Å². The average molecular weight is 475 g/mol. The van der Waals surface area contributed by atoms with E-state index in [0.29, 0.717) is 23.3 Å². The normalized spacial score (nSPS) is 12.1. The summed E-state index contributed by atoms with van der Waals surface area (Å²) in [5, 5.41) is 14.4. The minimum absolute atomic E-state index is 0.0574. The zero-order chi connectivity index (χ0) is 19.6. The van der Waals surface area contributed by atoms with E-state index in [1.54, 1.807) is 13.0 Å². The molecule has 0 aliphatic heterocycles. The maximum atomic E-state index is 13.8. The van der Waals surface area contributed by atoms with E-state index in [4.69, 9.17) is 16.7 Å². The summed E-state index contributed by atoms with van der Waals surface area (Å²) in [7, 11) is 0. The number of nitrogens with one attached hydrogen (secondary N) is 2. The molecule has 0 saturated carbocycles. The van der Waals surface area contributed by atoms with E-state index >= 15 is 0 Å². The van der Waals surface area contributed by atoms with Gasteiger partial charge in [-0.15, -0.1) is 11.3 Å². The number of rotatable bonds is 6. The highest BCUT2D eigenvalue weighted by molar-refractivity contribution is 9.10. The van der Waals surface area contributed by atoms with E-state index in [9.17, 15) is 9.18 Å². The number of amides is 1. The first-order valence-electron chi connectivity index (χ1n) is 7.81. The van der Waals surface area contributed by atoms with Crippen LogP contribution in [0.4, 0.5) is 15.0 Å². The highest BCUT2D eigenvalue weighted by Crippen LogP contribution is 2.39. The Balaban J connectivity index is 1.90. The van der Waals surface area contributed by atoms with Gasteiger partial charge in [-0.3, -0.25) is 4.98 Å². The second-order valence-electron chi connectivity index (χ2n) is 5.73. The molecule has 27 heavy (non-hydrogen) atoms. The van der Waals surface area contributed by atoms with Crippen LogP contribution in [0.3, 0.4) is 0 Å². The van der Waals surface area contributed by atoms with Gasteiger partial charge in [-0.2, -0.15) is 4.98 Å². The molecule has 1 amide bonds. The van der Waals surface area contributed by atoms with Crippen molar-refractivity contribution in [1.29, 1.82) is 0 Å². The molecular formula is C16H14BrClFN5O2S. The molecule has 7 nitrogen and oxygen atoms in total. The predicted molar refractivity (Wildman–Crippen MR) is 106 cm³/mol. The maximum absolute atomic E-state index is 13.8. The molecule has 0 aliphatic rings. The van der Waals surface area contributed by atoms with Gasteiger partial charge in [0, 0.05) is 35.6 Å². The summed E-state index contributed by atoms with van der Waals surface area (Å²) < 4.78 is 15.3. The molecule has 0 fully saturated rings. The minimum Gasteiger partial charge on any atom is -0.465 e. The highest BCUT2D eigenvalue weighted by atomic mass is 79.9. The number of aromatic nitrogens is 3. The average Bonchev–Trinajstić information content (AvgIpc) is 2.89. The van der Waals surface area contributed by atoms with Crippen molar-refractivity contribution in [3.63, 3.8) is 0 Å². The monoisotopic (exact) mass is 473 g/mol. The van der Waals surface area contributed by atoms with Crippen LogP contribution in [-0.4, -0.2) is 32.2 Å². The molecule has 3 rings (SSSR count). The second kappa shape index (κ2) is 8.32. The number of anilines is 1. The number of thiophene rings is 1. The van der Waals surface area contributed by atoms with Crippen LogP contribution in [-0.2, 0) is 13.0 Å². The maximum Gasteiger partial charge on any atom is 0.404 e. The van der Waals surface area contributed by atoms with Crippen LogP contribution in [0.2, 0.25) is 5.28 Å². The first-order chi connectivity index (χ1) is 12.8. The Bertz CT molecular complexity index is 1000. The fraction of sp³-hybridized carbons (Fsp3) is 0.250. The van der Waals surface area contributed by atoms with Crippen LogP contribution in [0.25, 0.3) is 10.2 Å². The summed E-state index contributed by atoms with van der Waals surface area (Å²) in [5.74, 6) is 0.0695. The molecule has 3 N–H and O–H groups in total. The molecule has 3 heterocycles. The van der Waals surface area contributed by atoms with Crippen LogP contribution < -0.4 is 10.6 Å². The van der Waals surface area contributed by atoms with E-state index in [2.05, 4.69) is 41.5 Å². The number of carbonyl (C=O) groups is 1. The standard InChI is InChI=1S/C16H14BrClFN5O2S/c1-7(22-16(25)26)4-10-11(17)12-13(27-10)14(24-15(18)23-12)21-5-8-2-3-20-6-9(8)19/h2-3,6-7,22H,4-5H2,1H3,(H,25,26)(H,21,23,24)/t7-/m0/s1. The highest BCUT2D eigenvalue weighted by Gasteiger charge is 2.19. The quantitative estimate of drug-likeness (QED) is 0.456. The molecule has 3 aromatic heterocycles. The van der Waals surface area contributed by atoms with Gasteiger partial charge in [-0.05, 0) is 40.5 Å². The zero-order valence-electron chi connectivity index (χ0n) is 14.0. The van der Waals surface area contributed by atoms with Crippen molar-refractivity contribution in [2.45, 2.75) is 25.9 Å². The van der Waals surface area contributed by atoms with Crippen LogP contribution in [0.1, 0.15) is 17.4 Å². The van der Waals surface area contributed by atoms with Gasteiger partial charge in [-0.25, -0.2) is 14.2 Å². The number of halogens is 3. The van der Waals surface area contributed by atoms with Gasteiger partial charge in [-0.1, -0.05) is 0 Å². The number of hydrogen-bond donors (Lipinski definition) is 3. The molecular weight excluding hydrogens is 461 g/mol. The van der Waals surface area contributed by atoms with Crippen molar-refractivity contribution >= 4 is 61.0 Å². The molecule has 0 aliphatic carbocycles. The Labute approximate surface area is 171 Å². The number of carboxylic acid groups (broad SMARTS) is 1.